The van der Waals surface area contributed by atoms with Crippen LogP contribution in [0, 0.1) is 24.2 Å². The van der Waals surface area contributed by atoms with Crippen molar-refractivity contribution in [1.29, 1.82) is 0 Å². The van der Waals surface area contributed by atoms with Gasteiger partial charge in [-0.3, -0.25) is 9.59 Å². The molecule has 45 heavy (non-hydrogen) atoms. The number of rotatable bonds is 13. The number of piperidine rings is 1. The first-order valence-corrected chi connectivity index (χ1v) is 16.7. The van der Waals surface area contributed by atoms with Gasteiger partial charge >= 0.3 is 0 Å². The van der Waals surface area contributed by atoms with Crippen LogP contribution in [0.1, 0.15) is 89.8 Å². The molecule has 6 rings (SSSR count). The van der Waals surface area contributed by atoms with Gasteiger partial charge in [0.2, 0.25) is 12.3 Å². The molecule has 3 aliphatic rings. The zero-order valence-electron chi connectivity index (χ0n) is 27.7. The summed E-state index contributed by atoms with van der Waals surface area (Å²) in [6, 6.07) is 10.1. The first-order chi connectivity index (χ1) is 22.0. The number of imidazole rings is 1. The minimum atomic E-state index is 0.364. The van der Waals surface area contributed by atoms with Gasteiger partial charge in [0, 0.05) is 38.2 Å². The minimum Gasteiger partial charge on any atom is -0.480 e. The molecule has 3 heterocycles. The van der Waals surface area contributed by atoms with Gasteiger partial charge in [-0.15, -0.1) is 12.8 Å². The number of ether oxygens (including phenoxy) is 1. The molecule has 1 spiro atoms. The highest BCUT2D eigenvalue weighted by molar-refractivity contribution is 5.85. The number of pyridine rings is 1. The summed E-state index contributed by atoms with van der Waals surface area (Å²) in [5, 5.41) is 3.33. The highest BCUT2D eigenvalue weighted by Crippen LogP contribution is 2.53. The molecule has 0 bridgehead atoms. The van der Waals surface area contributed by atoms with Crippen LogP contribution in [0.3, 0.4) is 0 Å². The summed E-state index contributed by atoms with van der Waals surface area (Å²) in [6.45, 7) is 6.18. The SMILES string of the molecule is C#C.C1CC1CN1CCC2(CC1)CC2.CCC(=O)CCCCCCc1ncc(-c2cc3ccccc3nc2OC)[nH]1.CNC=O. The molecule has 3 aromatic rings. The molecule has 1 aromatic carbocycles. The Hall–Kier alpha value is -3.70. The zero-order valence-corrected chi connectivity index (χ0v) is 27.7. The number of H-pyrrole nitrogens is 1. The average Bonchev–Trinajstić information content (AvgIpc) is 4.02. The number of aromatic amines is 1. The normalized spacial score (nSPS) is 16.2. The summed E-state index contributed by atoms with van der Waals surface area (Å²) in [6.07, 6.45) is 26.2. The van der Waals surface area contributed by atoms with Crippen LogP contribution < -0.4 is 10.1 Å². The predicted octanol–water partition coefficient (Wildman–Crippen LogP) is 6.99. The van der Waals surface area contributed by atoms with Crippen molar-refractivity contribution >= 4 is 23.1 Å². The second kappa shape index (κ2) is 19.0. The van der Waals surface area contributed by atoms with E-state index in [0.29, 0.717) is 24.5 Å². The Kier molecular flexibility index (Phi) is 15.1. The maximum atomic E-state index is 11.3. The Morgan fingerprint density at radius 1 is 1.11 bits per heavy atom. The number of likely N-dealkylation sites (tertiary alicyclic amines) is 1. The largest absolute Gasteiger partial charge is 0.480 e. The van der Waals surface area contributed by atoms with E-state index in [9.17, 15) is 4.79 Å². The molecule has 1 amide bonds. The van der Waals surface area contributed by atoms with Gasteiger partial charge in [0.1, 0.15) is 11.6 Å². The third kappa shape index (κ3) is 12.0. The number of aromatic nitrogens is 3. The molecular weight excluding hydrogens is 562 g/mol. The third-order valence-electron chi connectivity index (χ3n) is 9.02. The lowest BCUT2D eigenvalue weighted by Crippen LogP contribution is -2.35. The van der Waals surface area contributed by atoms with E-state index in [1.807, 2.05) is 37.4 Å². The van der Waals surface area contributed by atoms with Crippen LogP contribution in [0.4, 0.5) is 0 Å². The zero-order chi connectivity index (χ0) is 32.5. The number of nitrogens with zero attached hydrogens (tertiary/aromatic N) is 3. The van der Waals surface area contributed by atoms with Crippen LogP contribution in [-0.4, -0.2) is 65.8 Å². The van der Waals surface area contributed by atoms with E-state index in [1.165, 1.54) is 45.3 Å². The monoisotopic (exact) mass is 615 g/mol. The summed E-state index contributed by atoms with van der Waals surface area (Å²) in [4.78, 5) is 35.6. The van der Waals surface area contributed by atoms with Crippen molar-refractivity contribution in [2.75, 3.05) is 33.8 Å². The number of amides is 1. The van der Waals surface area contributed by atoms with E-state index >= 15 is 0 Å². The van der Waals surface area contributed by atoms with Crippen LogP contribution in [0.2, 0.25) is 0 Å². The van der Waals surface area contributed by atoms with Crippen LogP contribution in [0.15, 0.2) is 36.5 Å². The van der Waals surface area contributed by atoms with Gasteiger partial charge in [0.15, 0.2) is 0 Å². The Morgan fingerprint density at radius 3 is 2.42 bits per heavy atom. The number of nitrogens with one attached hydrogen (secondary N) is 2. The first kappa shape index (κ1) is 35.8. The van der Waals surface area contributed by atoms with Crippen molar-refractivity contribution in [3.63, 3.8) is 0 Å². The fraction of sp³-hybridized carbons (Fsp3) is 0.568. The third-order valence-corrected chi connectivity index (χ3v) is 9.02. The molecule has 244 valence electrons. The maximum absolute atomic E-state index is 11.3. The first-order valence-electron chi connectivity index (χ1n) is 16.7. The van der Waals surface area contributed by atoms with Gasteiger partial charge in [0.25, 0.3) is 0 Å². The molecule has 8 nitrogen and oxygen atoms in total. The molecule has 0 unspecified atom stereocenters. The van der Waals surface area contributed by atoms with Gasteiger partial charge in [-0.2, -0.15) is 0 Å². The number of terminal acetylenes is 1. The summed E-state index contributed by atoms with van der Waals surface area (Å²) in [7, 11) is 3.20. The molecule has 2 aliphatic carbocycles. The molecule has 0 atom stereocenters. The molecule has 2 saturated carbocycles. The highest BCUT2D eigenvalue weighted by Gasteiger charge is 2.44. The van der Waals surface area contributed by atoms with E-state index in [0.717, 1.165) is 77.8 Å². The number of methoxy groups -OCH3 is 1. The van der Waals surface area contributed by atoms with E-state index < -0.39 is 0 Å². The lowest BCUT2D eigenvalue weighted by atomic mass is 9.93. The van der Waals surface area contributed by atoms with Crippen LogP contribution in [0.5, 0.6) is 5.88 Å². The standard InChI is InChI=1S/C22H27N3O2.C11H19N.C2H5NO.C2H2/c1-3-17(26)11-6-4-5-7-13-21-23-15-20(24-21)18-14-16-10-8-9-12-19(16)25-22(18)27-2;1-2-10(1)9-12-7-5-11(3-4-11)6-8-12;1-3-2-4;1-2/h8-10,12,14-15H,3-7,11,13H2,1-2H3,(H,23,24);10H,1-9H2;2H,1H3,(H,3,4);1-2H. The van der Waals surface area contributed by atoms with E-state index in [2.05, 4.69) is 44.1 Å². The van der Waals surface area contributed by atoms with Crippen molar-refractivity contribution < 1.29 is 14.3 Å². The lowest BCUT2D eigenvalue weighted by molar-refractivity contribution is -0.118. The van der Waals surface area contributed by atoms with Crippen LogP contribution in [0.25, 0.3) is 22.2 Å². The fourth-order valence-electron chi connectivity index (χ4n) is 5.77. The van der Waals surface area contributed by atoms with Gasteiger partial charge in [-0.1, -0.05) is 38.0 Å². The number of unbranched alkanes of at least 4 members (excludes halogenated alkanes) is 3. The number of fused-ring (bicyclic) bond motifs is 1. The predicted molar refractivity (Wildman–Crippen MR) is 183 cm³/mol. The fourth-order valence-corrected chi connectivity index (χ4v) is 5.77. The molecule has 1 aliphatic heterocycles. The number of carbonyl (C=O) groups excluding carboxylic acids is 2. The number of para-hydroxylation sites is 1. The molecule has 0 radical (unpaired) electrons. The number of Topliss-reactive ketones (excluding diaryl/α,β-unsaturated/α-hetero) is 1. The molecular formula is C37H53N5O3. The van der Waals surface area contributed by atoms with Crippen molar-refractivity contribution in [2.45, 2.75) is 90.4 Å². The van der Waals surface area contributed by atoms with E-state index in [-0.39, 0.29) is 0 Å². The maximum Gasteiger partial charge on any atom is 0.223 e. The Balaban J connectivity index is 0.000000250. The van der Waals surface area contributed by atoms with Crippen molar-refractivity contribution in [3.8, 4) is 30.0 Å². The summed E-state index contributed by atoms with van der Waals surface area (Å²) in [5.41, 5.74) is 3.64. The van der Waals surface area contributed by atoms with E-state index in [1.54, 1.807) is 27.0 Å². The van der Waals surface area contributed by atoms with Crippen LogP contribution >= 0.6 is 0 Å². The Labute approximate surface area is 270 Å². The number of ketones is 1. The Bertz CT molecular complexity index is 1330. The van der Waals surface area contributed by atoms with Crippen molar-refractivity contribution in [2.24, 2.45) is 11.3 Å². The minimum absolute atomic E-state index is 0.364. The topological polar surface area (TPSA) is 100 Å². The highest BCUT2D eigenvalue weighted by atomic mass is 16.5. The number of aryl methyl sites for hydroxylation is 1. The molecule has 1 saturated heterocycles. The van der Waals surface area contributed by atoms with Gasteiger partial charge < -0.3 is 19.9 Å². The number of carbonyl (C=O) groups is 2. The van der Waals surface area contributed by atoms with Gasteiger partial charge in [-0.25, -0.2) is 9.97 Å². The molecule has 8 heteroatoms. The second-order valence-electron chi connectivity index (χ2n) is 12.4. The molecule has 2 N–H and O–H groups in total. The summed E-state index contributed by atoms with van der Waals surface area (Å²) < 4.78 is 5.48. The molecule has 2 aromatic heterocycles. The smallest absolute Gasteiger partial charge is 0.223 e. The van der Waals surface area contributed by atoms with Crippen LogP contribution in [-0.2, 0) is 16.0 Å². The number of hydrogen-bond acceptors (Lipinski definition) is 6. The Morgan fingerprint density at radius 2 is 1.80 bits per heavy atom. The quantitative estimate of drug-likeness (QED) is 0.122. The van der Waals surface area contributed by atoms with Gasteiger partial charge in [0.05, 0.1) is 30.1 Å². The summed E-state index contributed by atoms with van der Waals surface area (Å²) in [5.74, 6) is 3.04. The number of hydrogen-bond donors (Lipinski definition) is 2. The average molecular weight is 616 g/mol. The van der Waals surface area contributed by atoms with E-state index in [4.69, 9.17) is 9.53 Å². The summed E-state index contributed by atoms with van der Waals surface area (Å²) >= 11 is 0. The number of benzene rings is 1. The van der Waals surface area contributed by atoms with Crippen molar-refractivity contribution in [1.82, 2.24) is 25.2 Å². The van der Waals surface area contributed by atoms with Crippen molar-refractivity contribution in [3.05, 3.63) is 42.4 Å². The van der Waals surface area contributed by atoms with Gasteiger partial charge in [-0.05, 0) is 87.9 Å². The lowest BCUT2D eigenvalue weighted by Gasteiger charge is -2.31. The second-order valence-corrected chi connectivity index (χ2v) is 12.4. The molecule has 3 fully saturated rings.